The summed E-state index contributed by atoms with van der Waals surface area (Å²) in [5, 5.41) is 6.58. The minimum atomic E-state index is -0.118. The number of hydrogen-bond acceptors (Lipinski definition) is 4. The van der Waals surface area contributed by atoms with E-state index in [0.717, 1.165) is 60.6 Å². The quantitative estimate of drug-likeness (QED) is 0.560. The van der Waals surface area contributed by atoms with Crippen molar-refractivity contribution in [1.29, 1.82) is 0 Å². The van der Waals surface area contributed by atoms with Gasteiger partial charge in [-0.3, -0.25) is 9.78 Å². The van der Waals surface area contributed by atoms with Crippen molar-refractivity contribution < 1.29 is 4.79 Å². The van der Waals surface area contributed by atoms with Crippen molar-refractivity contribution in [3.05, 3.63) is 58.9 Å². The first-order valence-corrected chi connectivity index (χ1v) is 10.1. The van der Waals surface area contributed by atoms with E-state index in [1.54, 1.807) is 0 Å². The Balaban J connectivity index is 1.53. The molecule has 4 N–H and O–H groups in total. The summed E-state index contributed by atoms with van der Waals surface area (Å²) in [5.74, 6) is 0.0816. The highest BCUT2D eigenvalue weighted by Crippen LogP contribution is 2.42. The number of hydrogen-bond donors (Lipinski definition) is 3. The van der Waals surface area contributed by atoms with Crippen molar-refractivity contribution in [1.82, 2.24) is 20.2 Å². The van der Waals surface area contributed by atoms with Crippen LogP contribution in [-0.2, 0) is 26.3 Å². The van der Waals surface area contributed by atoms with Gasteiger partial charge in [-0.05, 0) is 42.2 Å². The van der Waals surface area contributed by atoms with Crippen molar-refractivity contribution in [2.75, 3.05) is 18.8 Å². The molecule has 0 bridgehead atoms. The molecule has 0 unspecified atom stereocenters. The number of aromatic nitrogens is 2. The van der Waals surface area contributed by atoms with Gasteiger partial charge in [0.1, 0.15) is 0 Å². The zero-order valence-electron chi connectivity index (χ0n) is 16.4. The minimum Gasteiger partial charge on any atom is -0.399 e. The second-order valence-electron chi connectivity index (χ2n) is 8.57. The lowest BCUT2D eigenvalue weighted by Crippen LogP contribution is -2.71. The van der Waals surface area contributed by atoms with Crippen LogP contribution in [0.1, 0.15) is 27.2 Å². The van der Waals surface area contributed by atoms with Crippen molar-refractivity contribution in [3.8, 4) is 22.5 Å². The lowest BCUT2D eigenvalue weighted by molar-refractivity contribution is 0.0824. The normalized spacial score (nSPS) is 18.4. The van der Waals surface area contributed by atoms with Gasteiger partial charge in [0.15, 0.2) is 0 Å². The summed E-state index contributed by atoms with van der Waals surface area (Å²) in [5.41, 5.74) is 15.3. The van der Waals surface area contributed by atoms with Gasteiger partial charge in [0.25, 0.3) is 5.91 Å². The van der Waals surface area contributed by atoms with Crippen LogP contribution in [0.4, 0.5) is 5.69 Å². The number of nitrogens with two attached hydrogens (primary N) is 1. The average Bonchev–Trinajstić information content (AvgIpc) is 2.99. The second-order valence-corrected chi connectivity index (χ2v) is 8.57. The van der Waals surface area contributed by atoms with Crippen molar-refractivity contribution in [2.45, 2.75) is 24.8 Å². The maximum Gasteiger partial charge on any atom is 0.253 e. The summed E-state index contributed by atoms with van der Waals surface area (Å²) in [6.45, 7) is 1.68. The van der Waals surface area contributed by atoms with Crippen LogP contribution in [0.3, 0.4) is 0 Å². The maximum absolute atomic E-state index is 13.0. The van der Waals surface area contributed by atoms with E-state index >= 15 is 0 Å². The monoisotopic (exact) mass is 385 g/mol. The van der Waals surface area contributed by atoms with Gasteiger partial charge < -0.3 is 20.9 Å². The third kappa shape index (κ3) is 2.32. The molecule has 1 aromatic carbocycles. The summed E-state index contributed by atoms with van der Waals surface area (Å²) < 4.78 is 2.25. The number of anilines is 1. The van der Waals surface area contributed by atoms with Crippen LogP contribution in [0.25, 0.3) is 22.5 Å². The van der Waals surface area contributed by atoms with Crippen LogP contribution in [0.15, 0.2) is 36.5 Å². The summed E-state index contributed by atoms with van der Waals surface area (Å²) in [6.07, 6.45) is 4.65. The van der Waals surface area contributed by atoms with Crippen molar-refractivity contribution in [2.24, 2.45) is 7.05 Å². The Hall–Kier alpha value is -3.12. The number of nitrogen functional groups attached to an aromatic ring is 1. The van der Waals surface area contributed by atoms with E-state index in [0.29, 0.717) is 0 Å². The Morgan fingerprint density at radius 2 is 2.07 bits per heavy atom. The molecule has 0 radical (unpaired) electrons. The van der Waals surface area contributed by atoms with E-state index in [4.69, 9.17) is 10.7 Å². The van der Waals surface area contributed by atoms with Crippen LogP contribution < -0.4 is 16.4 Å². The summed E-state index contributed by atoms with van der Waals surface area (Å²) in [4.78, 5) is 17.7. The molecule has 1 saturated heterocycles. The average molecular weight is 385 g/mol. The largest absolute Gasteiger partial charge is 0.399 e. The number of aryl methyl sites for hydroxylation is 1. The van der Waals surface area contributed by atoms with Crippen LogP contribution in [0.5, 0.6) is 0 Å². The predicted octanol–water partition coefficient (Wildman–Crippen LogP) is 2.06. The highest BCUT2D eigenvalue weighted by Gasteiger charge is 2.46. The molecule has 29 heavy (non-hydrogen) atoms. The third-order valence-corrected chi connectivity index (χ3v) is 6.72. The molecule has 6 nitrogen and oxygen atoms in total. The lowest BCUT2D eigenvalue weighted by atomic mass is 9.81. The molecule has 1 amide bonds. The number of fused-ring (bicyclic) bond motifs is 5. The fourth-order valence-corrected chi connectivity index (χ4v) is 5.19. The first-order chi connectivity index (χ1) is 14.0. The number of nitrogens with one attached hydrogen (secondary N) is 2. The van der Waals surface area contributed by atoms with Gasteiger partial charge in [-0.1, -0.05) is 12.1 Å². The Labute approximate surface area is 169 Å². The Kier molecular flexibility index (Phi) is 3.30. The van der Waals surface area contributed by atoms with E-state index in [1.165, 1.54) is 22.4 Å². The van der Waals surface area contributed by atoms with E-state index in [9.17, 15) is 4.79 Å². The molecule has 4 heterocycles. The van der Waals surface area contributed by atoms with Crippen LogP contribution in [-0.4, -0.2) is 34.1 Å². The first-order valence-electron chi connectivity index (χ1n) is 10.1. The molecule has 0 saturated carbocycles. The zero-order valence-corrected chi connectivity index (χ0v) is 16.4. The van der Waals surface area contributed by atoms with E-state index < -0.39 is 0 Å². The van der Waals surface area contributed by atoms with Gasteiger partial charge >= 0.3 is 0 Å². The van der Waals surface area contributed by atoms with Crippen LogP contribution in [0, 0.1) is 0 Å². The summed E-state index contributed by atoms with van der Waals surface area (Å²) in [7, 11) is 2.10. The van der Waals surface area contributed by atoms with Crippen LogP contribution >= 0.6 is 0 Å². The number of rotatable bonds is 1. The number of nitrogens with zero attached hydrogens (tertiary/aromatic N) is 2. The highest BCUT2D eigenvalue weighted by molar-refractivity contribution is 6.01. The highest BCUT2D eigenvalue weighted by atomic mass is 16.2. The van der Waals surface area contributed by atoms with Crippen molar-refractivity contribution in [3.63, 3.8) is 0 Å². The van der Waals surface area contributed by atoms with Gasteiger partial charge in [-0.2, -0.15) is 0 Å². The number of carbonyl (C=O) groups is 1. The molecular weight excluding hydrogens is 362 g/mol. The Bertz CT molecular complexity index is 1190. The Morgan fingerprint density at radius 1 is 1.21 bits per heavy atom. The molecule has 1 fully saturated rings. The fourth-order valence-electron chi connectivity index (χ4n) is 5.19. The van der Waals surface area contributed by atoms with E-state index in [-0.39, 0.29) is 11.4 Å². The molecule has 6 rings (SSSR count). The molecule has 1 spiro atoms. The molecule has 0 atom stereocenters. The number of benzene rings is 1. The van der Waals surface area contributed by atoms with Gasteiger partial charge in [0.2, 0.25) is 0 Å². The smallest absolute Gasteiger partial charge is 0.253 e. The molecule has 3 aromatic rings. The third-order valence-electron chi connectivity index (χ3n) is 6.72. The van der Waals surface area contributed by atoms with Gasteiger partial charge in [0.05, 0.1) is 22.5 Å². The van der Waals surface area contributed by atoms with Gasteiger partial charge in [-0.15, -0.1) is 0 Å². The summed E-state index contributed by atoms with van der Waals surface area (Å²) >= 11 is 0. The molecule has 2 aromatic heterocycles. The Morgan fingerprint density at radius 3 is 2.83 bits per heavy atom. The number of carbonyl (C=O) groups excluding carboxylic acids is 1. The lowest BCUT2D eigenvalue weighted by Gasteiger charge is -2.45. The minimum absolute atomic E-state index is 0.0816. The SMILES string of the molecule is Cn1c2c(c3c1-c1cc(-c4cccc(N)c4)ncc1CC3)C(=O)NC1(CNC1)C2. The van der Waals surface area contributed by atoms with Crippen LogP contribution in [0.2, 0.25) is 0 Å². The molecule has 1 aliphatic carbocycles. The van der Waals surface area contributed by atoms with Gasteiger partial charge in [0, 0.05) is 55.3 Å². The molecule has 146 valence electrons. The molecule has 2 aliphatic heterocycles. The maximum atomic E-state index is 13.0. The topological polar surface area (TPSA) is 85.0 Å². The standard InChI is InChI=1S/C23H23N5O/c1-28-19-9-23(11-25-12-23)27-22(29)20(19)16-6-5-14-10-26-18(8-17(14)21(16)28)13-3-2-4-15(24)7-13/h2-4,7-8,10,25H,5-6,9,11-12,24H2,1H3,(H,27,29). The number of amides is 1. The van der Waals surface area contributed by atoms with Crippen molar-refractivity contribution >= 4 is 11.6 Å². The second kappa shape index (κ2) is 5.70. The van der Waals surface area contributed by atoms with E-state index in [1.807, 2.05) is 30.5 Å². The van der Waals surface area contributed by atoms with Gasteiger partial charge in [-0.25, -0.2) is 0 Å². The fraction of sp³-hybridized carbons (Fsp3) is 0.304. The number of pyridine rings is 1. The predicted molar refractivity (Wildman–Crippen MR) is 113 cm³/mol. The molecule has 3 aliphatic rings. The van der Waals surface area contributed by atoms with E-state index in [2.05, 4.69) is 28.3 Å². The molecular formula is C23H23N5O. The molecule has 6 heteroatoms. The summed E-state index contributed by atoms with van der Waals surface area (Å²) in [6, 6.07) is 9.98. The first kappa shape index (κ1) is 16.8. The zero-order chi connectivity index (χ0) is 19.8.